The van der Waals surface area contributed by atoms with E-state index in [1.807, 2.05) is 0 Å². The number of carbonyl (C=O) groups is 3. The van der Waals surface area contributed by atoms with Crippen molar-refractivity contribution in [3.05, 3.63) is 60.8 Å². The molecule has 0 rings (SSSR count). The highest BCUT2D eigenvalue weighted by molar-refractivity contribution is 5.71. The smallest absolute Gasteiger partial charge is 0.306 e. The average Bonchev–Trinajstić information content (AvgIpc) is 3.30. The van der Waals surface area contributed by atoms with Crippen LogP contribution < -0.4 is 0 Å². The van der Waals surface area contributed by atoms with Crippen LogP contribution in [0.5, 0.6) is 0 Å². The third kappa shape index (κ3) is 51.9. The van der Waals surface area contributed by atoms with Gasteiger partial charge in [0, 0.05) is 19.3 Å². The second kappa shape index (κ2) is 53.7. The quantitative estimate of drug-likeness (QED) is 0.0262. The molecule has 65 heavy (non-hydrogen) atoms. The Morgan fingerprint density at radius 3 is 0.923 bits per heavy atom. The predicted octanol–water partition coefficient (Wildman–Crippen LogP) is 18.4. The Morgan fingerprint density at radius 1 is 0.308 bits per heavy atom. The van der Waals surface area contributed by atoms with Crippen LogP contribution in [0.2, 0.25) is 0 Å². The minimum atomic E-state index is -0.795. The Hall–Kier alpha value is -2.89. The summed E-state index contributed by atoms with van der Waals surface area (Å²) >= 11 is 0. The van der Waals surface area contributed by atoms with Gasteiger partial charge in [0.2, 0.25) is 0 Å². The van der Waals surface area contributed by atoms with Gasteiger partial charge in [0.15, 0.2) is 6.10 Å². The zero-order valence-corrected chi connectivity index (χ0v) is 43.0. The van der Waals surface area contributed by atoms with E-state index >= 15 is 0 Å². The summed E-state index contributed by atoms with van der Waals surface area (Å²) in [6.07, 6.45) is 66.3. The lowest BCUT2D eigenvalue weighted by atomic mass is 10.0. The lowest BCUT2D eigenvalue weighted by molar-refractivity contribution is -0.167. The van der Waals surface area contributed by atoms with Crippen LogP contribution in [-0.4, -0.2) is 37.2 Å². The molecule has 0 saturated heterocycles. The van der Waals surface area contributed by atoms with E-state index in [0.29, 0.717) is 19.3 Å². The van der Waals surface area contributed by atoms with Crippen molar-refractivity contribution in [3.8, 4) is 0 Å². The van der Waals surface area contributed by atoms with Crippen molar-refractivity contribution in [2.24, 2.45) is 0 Å². The number of rotatable bonds is 50. The van der Waals surface area contributed by atoms with Gasteiger partial charge in [0.1, 0.15) is 13.2 Å². The van der Waals surface area contributed by atoms with E-state index in [9.17, 15) is 14.4 Å². The molecule has 0 aliphatic carbocycles. The molecule has 0 fully saturated rings. The highest BCUT2D eigenvalue weighted by atomic mass is 16.6. The molecule has 0 heterocycles. The maximum atomic E-state index is 12.8. The third-order valence-electron chi connectivity index (χ3n) is 12.0. The van der Waals surface area contributed by atoms with Gasteiger partial charge in [-0.25, -0.2) is 0 Å². The van der Waals surface area contributed by atoms with Gasteiger partial charge in [0.05, 0.1) is 0 Å². The molecule has 6 nitrogen and oxygen atoms in total. The molecular formula is C59H104O6. The molecule has 376 valence electrons. The SMILES string of the molecule is CCCCC/C=C\C/C=C\C/C=C\CCCCC(=O)O[C@H](COC(=O)CCCCCCCCC/C=C\C/C=C\CCCCC)COC(=O)CCCCCCCCCCCCCCCCC. The zero-order chi connectivity index (χ0) is 47.2. The zero-order valence-electron chi connectivity index (χ0n) is 43.0. The molecule has 0 aliphatic heterocycles. The van der Waals surface area contributed by atoms with Gasteiger partial charge in [-0.3, -0.25) is 14.4 Å². The summed E-state index contributed by atoms with van der Waals surface area (Å²) in [5.41, 5.74) is 0. The van der Waals surface area contributed by atoms with Crippen molar-refractivity contribution in [2.75, 3.05) is 13.2 Å². The first-order chi connectivity index (χ1) is 32.0. The van der Waals surface area contributed by atoms with Gasteiger partial charge in [0.25, 0.3) is 0 Å². The van der Waals surface area contributed by atoms with Crippen LogP contribution in [-0.2, 0) is 28.6 Å². The Morgan fingerprint density at radius 2 is 0.554 bits per heavy atom. The number of unbranched alkanes of at least 4 members (excludes halogenated alkanes) is 29. The van der Waals surface area contributed by atoms with Crippen molar-refractivity contribution < 1.29 is 28.6 Å². The fraction of sp³-hybridized carbons (Fsp3) is 0.780. The molecule has 6 heteroatoms. The fourth-order valence-electron chi connectivity index (χ4n) is 7.77. The molecule has 0 amide bonds. The van der Waals surface area contributed by atoms with Gasteiger partial charge >= 0.3 is 17.9 Å². The van der Waals surface area contributed by atoms with Gasteiger partial charge < -0.3 is 14.2 Å². The molecule has 0 aromatic rings. The van der Waals surface area contributed by atoms with Gasteiger partial charge in [-0.15, -0.1) is 0 Å². The largest absolute Gasteiger partial charge is 0.462 e. The fourth-order valence-corrected chi connectivity index (χ4v) is 7.77. The number of esters is 3. The van der Waals surface area contributed by atoms with E-state index in [-0.39, 0.29) is 37.5 Å². The van der Waals surface area contributed by atoms with Crippen molar-refractivity contribution in [2.45, 2.75) is 284 Å². The van der Waals surface area contributed by atoms with Crippen LogP contribution in [0.4, 0.5) is 0 Å². The minimum absolute atomic E-state index is 0.0898. The maximum Gasteiger partial charge on any atom is 0.306 e. The van der Waals surface area contributed by atoms with Crippen LogP contribution in [0.25, 0.3) is 0 Å². The number of hydrogen-bond acceptors (Lipinski definition) is 6. The van der Waals surface area contributed by atoms with Crippen LogP contribution in [0.3, 0.4) is 0 Å². The predicted molar refractivity (Wildman–Crippen MR) is 279 cm³/mol. The Kier molecular flexibility index (Phi) is 51.3. The van der Waals surface area contributed by atoms with E-state index in [1.165, 1.54) is 154 Å². The summed E-state index contributed by atoms with van der Waals surface area (Å²) in [6.45, 7) is 6.57. The van der Waals surface area contributed by atoms with Gasteiger partial charge in [-0.1, -0.05) is 229 Å². The Bertz CT molecular complexity index is 1180. The number of hydrogen-bond donors (Lipinski definition) is 0. The van der Waals surface area contributed by atoms with E-state index in [2.05, 4.69) is 81.5 Å². The molecule has 0 radical (unpaired) electrons. The van der Waals surface area contributed by atoms with Crippen molar-refractivity contribution in [3.63, 3.8) is 0 Å². The van der Waals surface area contributed by atoms with Gasteiger partial charge in [-0.2, -0.15) is 0 Å². The molecule has 0 aliphatic rings. The lowest BCUT2D eigenvalue weighted by Crippen LogP contribution is -2.30. The summed E-state index contributed by atoms with van der Waals surface area (Å²) in [5, 5.41) is 0. The monoisotopic (exact) mass is 909 g/mol. The molecule has 0 saturated carbocycles. The molecule has 0 aromatic heterocycles. The summed E-state index contributed by atoms with van der Waals surface area (Å²) in [6, 6.07) is 0. The van der Waals surface area contributed by atoms with Crippen molar-refractivity contribution in [1.82, 2.24) is 0 Å². The molecule has 1 atom stereocenters. The number of carbonyl (C=O) groups excluding carboxylic acids is 3. The molecule has 0 spiro atoms. The first-order valence-electron chi connectivity index (χ1n) is 27.8. The van der Waals surface area contributed by atoms with E-state index in [0.717, 1.165) is 77.0 Å². The summed E-state index contributed by atoms with van der Waals surface area (Å²) in [7, 11) is 0. The number of allylic oxidation sites excluding steroid dienone is 10. The molecule has 0 aromatic carbocycles. The summed E-state index contributed by atoms with van der Waals surface area (Å²) < 4.78 is 16.8. The topological polar surface area (TPSA) is 78.9 Å². The first kappa shape index (κ1) is 62.1. The lowest BCUT2D eigenvalue weighted by Gasteiger charge is -2.18. The molecule has 0 unspecified atom stereocenters. The first-order valence-corrected chi connectivity index (χ1v) is 27.8. The highest BCUT2D eigenvalue weighted by Crippen LogP contribution is 2.15. The van der Waals surface area contributed by atoms with Crippen molar-refractivity contribution in [1.29, 1.82) is 0 Å². The minimum Gasteiger partial charge on any atom is -0.462 e. The Labute approximate surface area is 402 Å². The second-order valence-electron chi connectivity index (χ2n) is 18.5. The van der Waals surface area contributed by atoms with E-state index < -0.39 is 6.10 Å². The van der Waals surface area contributed by atoms with E-state index in [4.69, 9.17) is 14.2 Å². The van der Waals surface area contributed by atoms with Crippen LogP contribution >= 0.6 is 0 Å². The van der Waals surface area contributed by atoms with Crippen LogP contribution in [0.15, 0.2) is 60.8 Å². The molecule has 0 bridgehead atoms. The second-order valence-corrected chi connectivity index (χ2v) is 18.5. The standard InChI is InChI=1S/C59H104O6/c1-4-7-10-13-16-19-22-25-28-29-32-34-37-40-43-46-49-52-58(61)64-55-56(65-59(62)53-50-47-44-41-38-35-31-27-24-21-18-15-12-9-6-3)54-63-57(60)51-48-45-42-39-36-33-30-26-23-20-17-14-11-8-5-2/h16,18-19,21,25,27-28,31,38,41,56H,4-15,17,20,22-24,26,29-30,32-37,39-40,42-55H2,1-3H3/b19-16-,21-18-,28-25-,31-27-,41-38-/t56-/m0/s1. The van der Waals surface area contributed by atoms with Crippen LogP contribution in [0, 0.1) is 0 Å². The van der Waals surface area contributed by atoms with Crippen molar-refractivity contribution >= 4 is 17.9 Å². The Balaban J connectivity index is 4.43. The molecular weight excluding hydrogens is 805 g/mol. The maximum absolute atomic E-state index is 12.8. The van der Waals surface area contributed by atoms with Crippen LogP contribution in [0.1, 0.15) is 278 Å². The molecule has 0 N–H and O–H groups in total. The third-order valence-corrected chi connectivity index (χ3v) is 12.0. The normalized spacial score (nSPS) is 12.5. The highest BCUT2D eigenvalue weighted by Gasteiger charge is 2.19. The van der Waals surface area contributed by atoms with Gasteiger partial charge in [-0.05, 0) is 89.9 Å². The van der Waals surface area contributed by atoms with E-state index in [1.54, 1.807) is 0 Å². The summed E-state index contributed by atoms with van der Waals surface area (Å²) in [5.74, 6) is -0.927. The number of ether oxygens (including phenoxy) is 3. The average molecular weight is 909 g/mol. The summed E-state index contributed by atoms with van der Waals surface area (Å²) in [4.78, 5) is 38.1.